The Morgan fingerprint density at radius 2 is 2.17 bits per heavy atom. The molecule has 1 aliphatic heterocycles. The summed E-state index contributed by atoms with van der Waals surface area (Å²) >= 11 is 0. The van der Waals surface area contributed by atoms with Gasteiger partial charge in [-0.3, -0.25) is 4.57 Å². The lowest BCUT2D eigenvalue weighted by Gasteiger charge is -2.15. The molecule has 4 rings (SSSR count). The summed E-state index contributed by atoms with van der Waals surface area (Å²) in [5.41, 5.74) is 2.67. The summed E-state index contributed by atoms with van der Waals surface area (Å²) < 4.78 is 2.10. The maximum absolute atomic E-state index is 9.86. The Balaban J connectivity index is 1.88. The highest BCUT2D eigenvalue weighted by Gasteiger charge is 2.28. The molecule has 0 aliphatic carbocycles. The van der Waals surface area contributed by atoms with Crippen molar-refractivity contribution in [3.63, 3.8) is 0 Å². The molecular weight excluding hydrogens is 288 g/mol. The summed E-state index contributed by atoms with van der Waals surface area (Å²) in [6.07, 6.45) is 2.90. The van der Waals surface area contributed by atoms with Crippen LogP contribution < -0.4 is 0 Å². The predicted octanol–water partition coefficient (Wildman–Crippen LogP) is 2.94. The van der Waals surface area contributed by atoms with E-state index in [-0.39, 0.29) is 5.75 Å². The average Bonchev–Trinajstić information content (AvgIpc) is 3.19. The molecule has 0 radical (unpaired) electrons. The van der Waals surface area contributed by atoms with Crippen LogP contribution in [0.25, 0.3) is 16.9 Å². The molecule has 118 valence electrons. The van der Waals surface area contributed by atoms with Gasteiger partial charge in [0.2, 0.25) is 0 Å². The molecule has 1 aliphatic rings. The van der Waals surface area contributed by atoms with Gasteiger partial charge in [0.1, 0.15) is 17.1 Å². The zero-order valence-electron chi connectivity index (χ0n) is 13.2. The minimum atomic E-state index is 0.257. The van der Waals surface area contributed by atoms with Crippen molar-refractivity contribution in [1.82, 2.24) is 19.4 Å². The molecule has 3 aromatic rings. The molecule has 0 amide bonds. The maximum Gasteiger partial charge on any atom is 0.164 e. The van der Waals surface area contributed by atoms with Gasteiger partial charge in [0, 0.05) is 24.7 Å². The first-order valence-corrected chi connectivity index (χ1v) is 8.11. The smallest absolute Gasteiger partial charge is 0.164 e. The number of pyridine rings is 1. The van der Waals surface area contributed by atoms with Crippen molar-refractivity contribution in [2.24, 2.45) is 0 Å². The van der Waals surface area contributed by atoms with Gasteiger partial charge >= 0.3 is 0 Å². The number of benzene rings is 1. The molecule has 1 fully saturated rings. The summed E-state index contributed by atoms with van der Waals surface area (Å²) in [7, 11) is 0. The first-order valence-electron chi connectivity index (χ1n) is 8.11. The molecule has 1 saturated heterocycles. The normalized spacial score (nSPS) is 18.7. The van der Waals surface area contributed by atoms with Gasteiger partial charge in [-0.05, 0) is 43.8 Å². The number of hydrogen-bond acceptors (Lipinski definition) is 4. The minimum Gasteiger partial charge on any atom is -0.508 e. The van der Waals surface area contributed by atoms with Crippen LogP contribution >= 0.6 is 0 Å². The topological polar surface area (TPSA) is 54.2 Å². The van der Waals surface area contributed by atoms with Gasteiger partial charge in [-0.1, -0.05) is 13.0 Å². The maximum atomic E-state index is 9.86. The lowest BCUT2D eigenvalue weighted by molar-refractivity contribution is 0.352. The number of aromatic nitrogens is 3. The third kappa shape index (κ3) is 2.47. The molecule has 5 heteroatoms. The van der Waals surface area contributed by atoms with E-state index in [0.29, 0.717) is 5.92 Å². The molecule has 5 nitrogen and oxygen atoms in total. The first kappa shape index (κ1) is 14.2. The Labute approximate surface area is 135 Å². The summed E-state index contributed by atoms with van der Waals surface area (Å²) in [5.74, 6) is 1.69. The van der Waals surface area contributed by atoms with Crippen LogP contribution in [0, 0.1) is 0 Å². The largest absolute Gasteiger partial charge is 0.508 e. The van der Waals surface area contributed by atoms with Crippen molar-refractivity contribution in [1.29, 1.82) is 0 Å². The van der Waals surface area contributed by atoms with Crippen LogP contribution in [0.15, 0.2) is 42.6 Å². The fourth-order valence-corrected chi connectivity index (χ4v) is 3.42. The second kappa shape index (κ2) is 5.66. The van der Waals surface area contributed by atoms with Gasteiger partial charge in [-0.25, -0.2) is 9.97 Å². The van der Waals surface area contributed by atoms with Gasteiger partial charge in [0.15, 0.2) is 5.65 Å². The number of likely N-dealkylation sites (N-methyl/N-ethyl adjacent to an activating group) is 1. The number of likely N-dealkylation sites (tertiary alicyclic amines) is 1. The van der Waals surface area contributed by atoms with E-state index in [1.54, 1.807) is 18.3 Å². The zero-order chi connectivity index (χ0) is 15.8. The number of phenolic OH excluding ortho intramolecular Hbond substituents is 1. The summed E-state index contributed by atoms with van der Waals surface area (Å²) in [6.45, 7) is 5.40. The van der Waals surface area contributed by atoms with E-state index in [2.05, 4.69) is 21.4 Å². The second-order valence-corrected chi connectivity index (χ2v) is 6.05. The standard InChI is InChI=1S/C18H20N4O/c1-2-21-10-8-13(12-21)17-20-16-7-4-9-19-18(16)22(17)14-5-3-6-15(23)11-14/h3-7,9,11,13,23H,2,8,10,12H2,1H3. The second-order valence-electron chi connectivity index (χ2n) is 6.05. The Morgan fingerprint density at radius 1 is 1.26 bits per heavy atom. The summed E-state index contributed by atoms with van der Waals surface area (Å²) in [5, 5.41) is 9.86. The molecule has 23 heavy (non-hydrogen) atoms. The Hall–Kier alpha value is -2.40. The lowest BCUT2D eigenvalue weighted by atomic mass is 10.1. The van der Waals surface area contributed by atoms with Crippen molar-refractivity contribution in [3.8, 4) is 11.4 Å². The number of fused-ring (bicyclic) bond motifs is 1. The highest BCUT2D eigenvalue weighted by Crippen LogP contribution is 2.31. The molecule has 1 aromatic carbocycles. The van der Waals surface area contributed by atoms with Crippen LogP contribution in [0.4, 0.5) is 0 Å². The van der Waals surface area contributed by atoms with Crippen molar-refractivity contribution >= 4 is 11.2 Å². The third-order valence-corrected chi connectivity index (χ3v) is 4.61. The van der Waals surface area contributed by atoms with Gasteiger partial charge in [0.05, 0.1) is 5.69 Å². The van der Waals surface area contributed by atoms with Crippen molar-refractivity contribution in [2.75, 3.05) is 19.6 Å². The number of aromatic hydroxyl groups is 1. The van der Waals surface area contributed by atoms with E-state index in [1.165, 1.54) is 0 Å². The quantitative estimate of drug-likeness (QED) is 0.808. The Bertz CT molecular complexity index is 842. The van der Waals surface area contributed by atoms with Gasteiger partial charge in [-0.2, -0.15) is 0 Å². The molecule has 0 spiro atoms. The number of rotatable bonds is 3. The van der Waals surface area contributed by atoms with Gasteiger partial charge in [-0.15, -0.1) is 0 Å². The van der Waals surface area contributed by atoms with E-state index in [9.17, 15) is 5.11 Å². The van der Waals surface area contributed by atoms with E-state index < -0.39 is 0 Å². The van der Waals surface area contributed by atoms with Crippen LogP contribution in [0.3, 0.4) is 0 Å². The first-order chi connectivity index (χ1) is 11.3. The fraction of sp³-hybridized carbons (Fsp3) is 0.333. The van der Waals surface area contributed by atoms with Crippen molar-refractivity contribution in [3.05, 3.63) is 48.4 Å². The van der Waals surface area contributed by atoms with Crippen LogP contribution in [0.1, 0.15) is 25.1 Å². The highest BCUT2D eigenvalue weighted by molar-refractivity contribution is 5.74. The predicted molar refractivity (Wildman–Crippen MR) is 90.0 cm³/mol. The van der Waals surface area contributed by atoms with Crippen LogP contribution in [-0.4, -0.2) is 44.2 Å². The number of imidazole rings is 1. The number of nitrogens with zero attached hydrogens (tertiary/aromatic N) is 4. The molecule has 0 bridgehead atoms. The molecular formula is C18H20N4O. The summed E-state index contributed by atoms with van der Waals surface area (Å²) in [6, 6.07) is 11.2. The summed E-state index contributed by atoms with van der Waals surface area (Å²) in [4.78, 5) is 11.8. The van der Waals surface area contributed by atoms with Crippen LogP contribution in [0.5, 0.6) is 5.75 Å². The van der Waals surface area contributed by atoms with Gasteiger partial charge in [0.25, 0.3) is 0 Å². The SMILES string of the molecule is CCN1CCC(c2nc3cccnc3n2-c2cccc(O)c2)C1. The van der Waals surface area contributed by atoms with Crippen LogP contribution in [-0.2, 0) is 0 Å². The molecule has 2 aromatic heterocycles. The monoisotopic (exact) mass is 308 g/mol. The van der Waals surface area contributed by atoms with Crippen molar-refractivity contribution in [2.45, 2.75) is 19.3 Å². The Kier molecular flexibility index (Phi) is 3.50. The molecule has 0 saturated carbocycles. The lowest BCUT2D eigenvalue weighted by Crippen LogP contribution is -2.20. The number of hydrogen-bond donors (Lipinski definition) is 1. The van der Waals surface area contributed by atoms with E-state index in [0.717, 1.165) is 48.7 Å². The molecule has 3 heterocycles. The average molecular weight is 308 g/mol. The fourth-order valence-electron chi connectivity index (χ4n) is 3.42. The molecule has 1 N–H and O–H groups in total. The van der Waals surface area contributed by atoms with Crippen molar-refractivity contribution < 1.29 is 5.11 Å². The molecule has 1 unspecified atom stereocenters. The van der Waals surface area contributed by atoms with Crippen LogP contribution in [0.2, 0.25) is 0 Å². The zero-order valence-corrected chi connectivity index (χ0v) is 13.2. The molecule has 1 atom stereocenters. The number of phenols is 1. The van der Waals surface area contributed by atoms with E-state index in [1.807, 2.05) is 24.3 Å². The third-order valence-electron chi connectivity index (χ3n) is 4.61. The minimum absolute atomic E-state index is 0.257. The van der Waals surface area contributed by atoms with E-state index in [4.69, 9.17) is 4.98 Å². The van der Waals surface area contributed by atoms with Gasteiger partial charge < -0.3 is 10.0 Å². The van der Waals surface area contributed by atoms with E-state index >= 15 is 0 Å². The Morgan fingerprint density at radius 3 is 2.96 bits per heavy atom. The highest BCUT2D eigenvalue weighted by atomic mass is 16.3.